The Labute approximate surface area is 133 Å². The van der Waals surface area contributed by atoms with E-state index in [9.17, 15) is 4.79 Å². The van der Waals surface area contributed by atoms with Crippen LogP contribution in [0.15, 0.2) is 35.2 Å². The number of carbonyl (C=O) groups excluding carboxylic acids is 1. The fourth-order valence-corrected chi connectivity index (χ4v) is 3.24. The molecule has 8 heteroatoms. The summed E-state index contributed by atoms with van der Waals surface area (Å²) in [5.41, 5.74) is 1.86. The van der Waals surface area contributed by atoms with Crippen molar-refractivity contribution in [3.63, 3.8) is 0 Å². The lowest BCUT2D eigenvalue weighted by atomic mass is 10.3. The number of aromatic nitrogens is 3. The molecule has 0 saturated heterocycles. The number of H-pyrrole nitrogens is 1. The molecular weight excluding hydrogens is 354 g/mol. The van der Waals surface area contributed by atoms with E-state index in [1.165, 1.54) is 11.3 Å². The number of benzene rings is 1. The molecule has 0 aliphatic carbocycles. The van der Waals surface area contributed by atoms with Gasteiger partial charge < -0.3 is 10.3 Å². The Morgan fingerprint density at radius 1 is 1.43 bits per heavy atom. The fraction of sp³-hybridized carbons (Fsp3) is 0.154. The van der Waals surface area contributed by atoms with Gasteiger partial charge in [0, 0.05) is 29.3 Å². The number of rotatable bonds is 4. The topological polar surface area (TPSA) is 82.7 Å². The van der Waals surface area contributed by atoms with Crippen LogP contribution in [-0.2, 0) is 6.42 Å². The summed E-state index contributed by atoms with van der Waals surface area (Å²) in [6, 6.07) is 5.56. The molecule has 3 N–H and O–H groups in total. The van der Waals surface area contributed by atoms with Crippen molar-refractivity contribution in [2.24, 2.45) is 0 Å². The lowest BCUT2D eigenvalue weighted by Crippen LogP contribution is -2.30. The van der Waals surface area contributed by atoms with Gasteiger partial charge in [-0.05, 0) is 18.2 Å². The Morgan fingerprint density at radius 2 is 2.33 bits per heavy atom. The van der Waals surface area contributed by atoms with Gasteiger partial charge in [0.25, 0.3) is 0 Å². The third kappa shape index (κ3) is 3.59. The lowest BCUT2D eigenvalue weighted by molar-refractivity contribution is 0.252. The molecule has 0 aliphatic heterocycles. The molecule has 108 valence electrons. The van der Waals surface area contributed by atoms with Crippen LogP contribution in [0.3, 0.4) is 0 Å². The van der Waals surface area contributed by atoms with Crippen LogP contribution in [0.25, 0.3) is 10.2 Å². The molecule has 1 aromatic carbocycles. The Balaban J connectivity index is 1.55. The Hall–Kier alpha value is -1.93. The van der Waals surface area contributed by atoms with Crippen LogP contribution in [0.1, 0.15) is 5.69 Å². The lowest BCUT2D eigenvalue weighted by Gasteiger charge is -2.03. The van der Waals surface area contributed by atoms with Crippen LogP contribution in [0.2, 0.25) is 0 Å². The van der Waals surface area contributed by atoms with Crippen molar-refractivity contribution in [1.29, 1.82) is 0 Å². The van der Waals surface area contributed by atoms with Crippen LogP contribution in [0.4, 0.5) is 9.93 Å². The molecule has 6 nitrogen and oxygen atoms in total. The molecule has 0 saturated carbocycles. The van der Waals surface area contributed by atoms with Gasteiger partial charge in [-0.25, -0.2) is 14.8 Å². The fourth-order valence-electron chi connectivity index (χ4n) is 1.83. The van der Waals surface area contributed by atoms with Gasteiger partial charge in [-0.15, -0.1) is 0 Å². The van der Waals surface area contributed by atoms with Crippen molar-refractivity contribution < 1.29 is 4.79 Å². The number of imidazole rings is 1. The number of nitrogens with one attached hydrogen (secondary N) is 3. The molecule has 2 heterocycles. The predicted octanol–water partition coefficient (Wildman–Crippen LogP) is 3.15. The van der Waals surface area contributed by atoms with E-state index in [2.05, 4.69) is 41.5 Å². The zero-order valence-corrected chi connectivity index (χ0v) is 13.3. The summed E-state index contributed by atoms with van der Waals surface area (Å²) in [5.74, 6) is 0. The number of nitrogens with zero attached hydrogens (tertiary/aromatic N) is 2. The normalized spacial score (nSPS) is 10.7. The minimum absolute atomic E-state index is 0.257. The average molecular weight is 366 g/mol. The molecule has 0 unspecified atom stereocenters. The summed E-state index contributed by atoms with van der Waals surface area (Å²) in [7, 11) is 0. The third-order valence-electron chi connectivity index (χ3n) is 2.81. The van der Waals surface area contributed by atoms with Gasteiger partial charge in [0.05, 0.1) is 16.5 Å². The summed E-state index contributed by atoms with van der Waals surface area (Å²) in [6.45, 7) is 0.532. The number of halogens is 1. The number of thiazole rings is 1. The highest BCUT2D eigenvalue weighted by atomic mass is 79.9. The second-order valence-electron chi connectivity index (χ2n) is 4.34. The van der Waals surface area contributed by atoms with E-state index in [0.717, 1.165) is 20.4 Å². The molecule has 3 rings (SSSR count). The number of hydrogen-bond donors (Lipinski definition) is 3. The number of fused-ring (bicyclic) bond motifs is 1. The summed E-state index contributed by atoms with van der Waals surface area (Å²) in [6.07, 6.45) is 4.07. The van der Waals surface area contributed by atoms with Crippen molar-refractivity contribution in [2.75, 3.05) is 11.9 Å². The van der Waals surface area contributed by atoms with Crippen molar-refractivity contribution in [1.82, 2.24) is 20.3 Å². The quantitative estimate of drug-likeness (QED) is 0.663. The second-order valence-corrected chi connectivity index (χ2v) is 6.29. The number of carbonyl (C=O) groups is 1. The van der Waals surface area contributed by atoms with Crippen molar-refractivity contribution >= 4 is 48.6 Å². The van der Waals surface area contributed by atoms with E-state index in [0.29, 0.717) is 18.1 Å². The maximum Gasteiger partial charge on any atom is 0.321 e. The molecule has 2 amide bonds. The highest BCUT2D eigenvalue weighted by Crippen LogP contribution is 2.28. The van der Waals surface area contributed by atoms with E-state index in [-0.39, 0.29) is 6.03 Å². The minimum Gasteiger partial charge on any atom is -0.348 e. The van der Waals surface area contributed by atoms with Crippen molar-refractivity contribution in [2.45, 2.75) is 6.42 Å². The first-order valence-electron chi connectivity index (χ1n) is 6.29. The van der Waals surface area contributed by atoms with E-state index in [1.54, 1.807) is 12.5 Å². The minimum atomic E-state index is -0.257. The first-order chi connectivity index (χ1) is 10.2. The number of amides is 2. The maximum absolute atomic E-state index is 11.8. The van der Waals surface area contributed by atoms with Crippen molar-refractivity contribution in [3.8, 4) is 0 Å². The molecule has 0 radical (unpaired) electrons. The van der Waals surface area contributed by atoms with Crippen LogP contribution in [-0.4, -0.2) is 27.5 Å². The molecular formula is C13H12BrN5OS. The third-order valence-corrected chi connectivity index (χ3v) is 4.23. The maximum atomic E-state index is 11.8. The zero-order valence-electron chi connectivity index (χ0n) is 10.9. The van der Waals surface area contributed by atoms with Gasteiger partial charge in [-0.3, -0.25) is 5.32 Å². The number of urea groups is 1. The van der Waals surface area contributed by atoms with E-state index < -0.39 is 0 Å². The summed E-state index contributed by atoms with van der Waals surface area (Å²) >= 11 is 4.86. The molecule has 0 aliphatic rings. The first-order valence-corrected chi connectivity index (χ1v) is 7.90. The summed E-state index contributed by atoms with van der Waals surface area (Å²) in [4.78, 5) is 23.1. The number of anilines is 1. The Morgan fingerprint density at radius 3 is 3.14 bits per heavy atom. The van der Waals surface area contributed by atoms with Gasteiger partial charge in [0.1, 0.15) is 0 Å². The van der Waals surface area contributed by atoms with Crippen LogP contribution in [0.5, 0.6) is 0 Å². The molecule has 21 heavy (non-hydrogen) atoms. The molecule has 0 atom stereocenters. The average Bonchev–Trinajstić information content (AvgIpc) is 3.07. The van der Waals surface area contributed by atoms with Crippen LogP contribution in [0, 0.1) is 0 Å². The Bertz CT molecular complexity index is 755. The van der Waals surface area contributed by atoms with E-state index >= 15 is 0 Å². The smallest absolute Gasteiger partial charge is 0.321 e. The van der Waals surface area contributed by atoms with E-state index in [1.807, 2.05) is 18.2 Å². The highest BCUT2D eigenvalue weighted by Gasteiger charge is 2.07. The standard InChI is InChI=1S/C13H12BrN5OS/c14-8-1-2-10-11(5-8)21-13(18-10)19-12(20)16-4-3-9-6-15-7-17-9/h1-2,5-7H,3-4H2,(H,15,17)(H2,16,18,19,20). The summed E-state index contributed by atoms with van der Waals surface area (Å²) < 4.78 is 2.02. The van der Waals surface area contributed by atoms with E-state index in [4.69, 9.17) is 0 Å². The monoisotopic (exact) mass is 365 g/mol. The van der Waals surface area contributed by atoms with Gasteiger partial charge in [-0.2, -0.15) is 0 Å². The number of hydrogen-bond acceptors (Lipinski definition) is 4. The van der Waals surface area contributed by atoms with Crippen LogP contribution >= 0.6 is 27.3 Å². The van der Waals surface area contributed by atoms with Gasteiger partial charge in [0.2, 0.25) is 0 Å². The zero-order chi connectivity index (χ0) is 14.7. The molecule has 0 bridgehead atoms. The SMILES string of the molecule is O=C(NCCc1cnc[nH]1)Nc1nc2ccc(Br)cc2s1. The van der Waals surface area contributed by atoms with Gasteiger partial charge in [0.15, 0.2) is 5.13 Å². The highest BCUT2D eigenvalue weighted by molar-refractivity contribution is 9.10. The Kier molecular flexibility index (Phi) is 4.16. The molecule has 3 aromatic rings. The number of aromatic amines is 1. The van der Waals surface area contributed by atoms with Crippen LogP contribution < -0.4 is 10.6 Å². The second kappa shape index (κ2) is 6.23. The largest absolute Gasteiger partial charge is 0.348 e. The predicted molar refractivity (Wildman–Crippen MR) is 86.6 cm³/mol. The molecule has 0 spiro atoms. The van der Waals surface area contributed by atoms with Crippen molar-refractivity contribution in [3.05, 3.63) is 40.9 Å². The molecule has 2 aromatic heterocycles. The molecule has 0 fully saturated rings. The van der Waals surface area contributed by atoms with Gasteiger partial charge >= 0.3 is 6.03 Å². The summed E-state index contributed by atoms with van der Waals surface area (Å²) in [5, 5.41) is 6.12. The van der Waals surface area contributed by atoms with Gasteiger partial charge in [-0.1, -0.05) is 27.3 Å². The first kappa shape index (κ1) is 14.0.